The normalized spacial score (nSPS) is 18.3. The Kier molecular flexibility index (Phi) is 5.90. The fourth-order valence-corrected chi connectivity index (χ4v) is 3.44. The van der Waals surface area contributed by atoms with E-state index in [9.17, 15) is 22.8 Å². The van der Waals surface area contributed by atoms with Crippen LogP contribution < -0.4 is 15.5 Å². The SMILES string of the molecule is O=C1C[NH+]([C@@H](C(=O)Nc2ccc(Cl)c(C(F)(F)F)c2)c2ccccc2)CCN1. The number of benzene rings is 2. The number of anilines is 1. The van der Waals surface area contributed by atoms with Gasteiger partial charge in [-0.2, -0.15) is 13.2 Å². The van der Waals surface area contributed by atoms with E-state index in [4.69, 9.17) is 11.6 Å². The van der Waals surface area contributed by atoms with Gasteiger partial charge in [0.1, 0.15) is 0 Å². The van der Waals surface area contributed by atoms with Crippen molar-refractivity contribution in [1.29, 1.82) is 0 Å². The molecule has 1 heterocycles. The lowest BCUT2D eigenvalue weighted by Crippen LogP contribution is -3.16. The number of quaternary nitrogens is 1. The van der Waals surface area contributed by atoms with Gasteiger partial charge in [0.05, 0.1) is 23.7 Å². The summed E-state index contributed by atoms with van der Waals surface area (Å²) in [7, 11) is 0. The molecule has 1 saturated heterocycles. The molecule has 1 unspecified atom stereocenters. The van der Waals surface area contributed by atoms with E-state index in [1.165, 1.54) is 6.07 Å². The second-order valence-electron chi connectivity index (χ2n) is 6.46. The first-order chi connectivity index (χ1) is 13.3. The van der Waals surface area contributed by atoms with E-state index in [0.717, 1.165) is 17.0 Å². The topological polar surface area (TPSA) is 62.6 Å². The minimum absolute atomic E-state index is 0.0106. The Balaban J connectivity index is 1.89. The van der Waals surface area contributed by atoms with Crippen LogP contribution in [0.4, 0.5) is 18.9 Å². The summed E-state index contributed by atoms with van der Waals surface area (Å²) in [6.45, 7) is 1.04. The Hall–Kier alpha value is -2.58. The number of carbonyl (C=O) groups is 2. The predicted molar refractivity (Wildman–Crippen MR) is 98.0 cm³/mol. The number of nitrogens with one attached hydrogen (secondary N) is 3. The molecular weight excluding hydrogens is 395 g/mol. The Labute approximate surface area is 164 Å². The third kappa shape index (κ3) is 4.63. The fourth-order valence-electron chi connectivity index (χ4n) is 3.22. The Morgan fingerprint density at radius 3 is 2.54 bits per heavy atom. The lowest BCUT2D eigenvalue weighted by atomic mass is 10.0. The van der Waals surface area contributed by atoms with E-state index in [1.807, 2.05) is 0 Å². The molecule has 2 amide bonds. The molecule has 1 fully saturated rings. The molecule has 0 aromatic heterocycles. The smallest absolute Gasteiger partial charge is 0.346 e. The largest absolute Gasteiger partial charge is 0.417 e. The van der Waals surface area contributed by atoms with E-state index in [-0.39, 0.29) is 18.1 Å². The number of amides is 2. The predicted octanol–water partition coefficient (Wildman–Crippen LogP) is 2.05. The molecule has 1 aliphatic rings. The van der Waals surface area contributed by atoms with Gasteiger partial charge in [0.2, 0.25) is 0 Å². The van der Waals surface area contributed by atoms with E-state index in [1.54, 1.807) is 30.3 Å². The number of piperazine rings is 1. The molecule has 0 aliphatic carbocycles. The lowest BCUT2D eigenvalue weighted by molar-refractivity contribution is -0.915. The summed E-state index contributed by atoms with van der Waals surface area (Å²) in [5.74, 6) is -0.674. The standard InChI is InChI=1S/C19H17ClF3N3O2/c20-15-7-6-13(10-14(15)19(21,22)23)25-18(28)17(12-4-2-1-3-5-12)26-9-8-24-16(27)11-26/h1-7,10,17H,8-9,11H2,(H,24,27)(H,25,28)/p+1/t17-/m1/s1. The van der Waals surface area contributed by atoms with E-state index in [2.05, 4.69) is 10.6 Å². The maximum Gasteiger partial charge on any atom is 0.417 e. The van der Waals surface area contributed by atoms with Crippen molar-refractivity contribution in [2.45, 2.75) is 12.2 Å². The van der Waals surface area contributed by atoms with Crippen molar-refractivity contribution >= 4 is 29.1 Å². The van der Waals surface area contributed by atoms with Crippen LogP contribution in [-0.4, -0.2) is 31.4 Å². The van der Waals surface area contributed by atoms with Crippen LogP contribution in [0.3, 0.4) is 0 Å². The molecule has 2 aromatic rings. The first-order valence-corrected chi connectivity index (χ1v) is 8.97. The zero-order chi connectivity index (χ0) is 20.3. The first kappa shape index (κ1) is 20.2. The molecule has 28 heavy (non-hydrogen) atoms. The molecule has 148 valence electrons. The summed E-state index contributed by atoms with van der Waals surface area (Å²) in [6.07, 6.45) is -4.63. The molecule has 0 radical (unpaired) electrons. The zero-order valence-corrected chi connectivity index (χ0v) is 15.4. The molecule has 5 nitrogen and oxygen atoms in total. The highest BCUT2D eigenvalue weighted by Gasteiger charge is 2.36. The second-order valence-corrected chi connectivity index (χ2v) is 6.87. The van der Waals surface area contributed by atoms with Gasteiger partial charge in [-0.1, -0.05) is 41.9 Å². The van der Waals surface area contributed by atoms with E-state index < -0.39 is 28.7 Å². The van der Waals surface area contributed by atoms with Crippen LogP contribution in [0, 0.1) is 0 Å². The molecule has 0 bridgehead atoms. The summed E-state index contributed by atoms with van der Waals surface area (Å²) < 4.78 is 39.2. The number of hydrogen-bond acceptors (Lipinski definition) is 2. The van der Waals surface area contributed by atoms with Crippen molar-refractivity contribution in [3.8, 4) is 0 Å². The summed E-state index contributed by atoms with van der Waals surface area (Å²) in [5, 5.41) is 4.81. The highest BCUT2D eigenvalue weighted by atomic mass is 35.5. The van der Waals surface area contributed by atoms with Crippen LogP contribution in [0.25, 0.3) is 0 Å². The molecular formula is C19H18ClF3N3O2+. The number of hydrogen-bond donors (Lipinski definition) is 3. The van der Waals surface area contributed by atoms with Crippen LogP contribution in [0.2, 0.25) is 5.02 Å². The van der Waals surface area contributed by atoms with Gasteiger partial charge in [-0.15, -0.1) is 0 Å². The molecule has 1 aliphatic heterocycles. The van der Waals surface area contributed by atoms with Crippen LogP contribution in [0.5, 0.6) is 0 Å². The first-order valence-electron chi connectivity index (χ1n) is 8.59. The van der Waals surface area contributed by atoms with Gasteiger partial charge in [0, 0.05) is 11.3 Å². The summed E-state index contributed by atoms with van der Waals surface area (Å²) in [6, 6.07) is 11.3. The Morgan fingerprint density at radius 1 is 1.18 bits per heavy atom. The molecule has 3 rings (SSSR count). The minimum atomic E-state index is -4.63. The molecule has 2 aromatic carbocycles. The van der Waals surface area contributed by atoms with Crippen molar-refractivity contribution in [1.82, 2.24) is 5.32 Å². The molecule has 9 heteroatoms. The van der Waals surface area contributed by atoms with Crippen molar-refractivity contribution in [2.24, 2.45) is 0 Å². The number of rotatable bonds is 4. The third-order valence-electron chi connectivity index (χ3n) is 4.50. The number of carbonyl (C=O) groups excluding carboxylic acids is 2. The van der Waals surface area contributed by atoms with Gasteiger partial charge in [-0.25, -0.2) is 0 Å². The maximum absolute atomic E-state index is 13.1. The highest BCUT2D eigenvalue weighted by molar-refractivity contribution is 6.31. The van der Waals surface area contributed by atoms with Crippen LogP contribution in [-0.2, 0) is 15.8 Å². The van der Waals surface area contributed by atoms with Crippen molar-refractivity contribution in [2.75, 3.05) is 25.0 Å². The molecule has 2 atom stereocenters. The van der Waals surface area contributed by atoms with E-state index >= 15 is 0 Å². The second kappa shape index (κ2) is 8.20. The lowest BCUT2D eigenvalue weighted by Gasteiger charge is -2.30. The van der Waals surface area contributed by atoms with Gasteiger partial charge in [-0.05, 0) is 18.2 Å². The van der Waals surface area contributed by atoms with Crippen LogP contribution in [0.15, 0.2) is 48.5 Å². The zero-order valence-electron chi connectivity index (χ0n) is 14.6. The highest BCUT2D eigenvalue weighted by Crippen LogP contribution is 2.36. The number of halogens is 4. The van der Waals surface area contributed by atoms with Gasteiger partial charge in [0.15, 0.2) is 12.6 Å². The number of alkyl halides is 3. The monoisotopic (exact) mass is 412 g/mol. The average Bonchev–Trinajstić information content (AvgIpc) is 2.63. The Morgan fingerprint density at radius 2 is 1.89 bits per heavy atom. The molecule has 0 saturated carbocycles. The summed E-state index contributed by atoms with van der Waals surface area (Å²) in [5.41, 5.74) is -0.355. The van der Waals surface area contributed by atoms with Gasteiger partial charge in [-0.3, -0.25) is 9.59 Å². The quantitative estimate of drug-likeness (QED) is 0.720. The summed E-state index contributed by atoms with van der Waals surface area (Å²) in [4.78, 5) is 25.5. The fraction of sp³-hybridized carbons (Fsp3) is 0.263. The minimum Gasteiger partial charge on any atom is -0.346 e. The van der Waals surface area contributed by atoms with Crippen molar-refractivity contribution < 1.29 is 27.7 Å². The van der Waals surface area contributed by atoms with Gasteiger partial charge in [0.25, 0.3) is 11.8 Å². The van der Waals surface area contributed by atoms with Crippen LogP contribution >= 0.6 is 11.6 Å². The van der Waals surface area contributed by atoms with Crippen molar-refractivity contribution in [3.63, 3.8) is 0 Å². The molecule has 0 spiro atoms. The molecule has 3 N–H and O–H groups in total. The Bertz CT molecular complexity index is 874. The average molecular weight is 413 g/mol. The van der Waals surface area contributed by atoms with Crippen LogP contribution in [0.1, 0.15) is 17.2 Å². The maximum atomic E-state index is 13.1. The van der Waals surface area contributed by atoms with Gasteiger partial charge < -0.3 is 15.5 Å². The summed E-state index contributed by atoms with van der Waals surface area (Å²) >= 11 is 5.63. The van der Waals surface area contributed by atoms with E-state index in [0.29, 0.717) is 18.7 Å². The van der Waals surface area contributed by atoms with Crippen molar-refractivity contribution in [3.05, 3.63) is 64.7 Å². The van der Waals surface area contributed by atoms with Gasteiger partial charge >= 0.3 is 6.18 Å². The third-order valence-corrected chi connectivity index (χ3v) is 4.83.